The number of nitrogens with one attached hydrogen (secondary N) is 1. The van der Waals surface area contributed by atoms with Crippen molar-refractivity contribution in [1.29, 1.82) is 0 Å². The normalized spacial score (nSPS) is 10.8. The topological polar surface area (TPSA) is 68.3 Å². The predicted molar refractivity (Wildman–Crippen MR) is 57.8 cm³/mol. The minimum absolute atomic E-state index is 0.170. The number of rotatable bonds is 3. The number of ether oxygens (including phenoxy) is 1. The van der Waals surface area contributed by atoms with Crippen molar-refractivity contribution in [3.63, 3.8) is 0 Å². The van der Waals surface area contributed by atoms with E-state index in [1.165, 1.54) is 27.0 Å². The predicted octanol–water partition coefficient (Wildman–Crippen LogP) is 0.902. The number of carbonyl (C=O) groups excluding carboxylic acids is 2. The molecule has 1 aromatic heterocycles. The zero-order valence-corrected chi connectivity index (χ0v) is 9.78. The number of nitrogens with zero attached hydrogens (tertiary/aromatic N) is 1. The van der Waals surface area contributed by atoms with Crippen LogP contribution in [-0.2, 0) is 9.53 Å². The summed E-state index contributed by atoms with van der Waals surface area (Å²) in [6.07, 6.45) is 1.10. The Morgan fingerprint density at radius 1 is 1.41 bits per heavy atom. The van der Waals surface area contributed by atoms with Crippen LogP contribution in [0.5, 0.6) is 0 Å². The van der Waals surface area contributed by atoms with Gasteiger partial charge in [0, 0.05) is 6.20 Å². The number of pyridine rings is 1. The minimum Gasteiger partial charge on any atom is -0.467 e. The van der Waals surface area contributed by atoms with E-state index in [-0.39, 0.29) is 5.56 Å². The molecule has 0 unspecified atom stereocenters. The fraction of sp³-hybridized carbons (Fsp3) is 0.364. The van der Waals surface area contributed by atoms with E-state index < -0.39 is 23.4 Å². The van der Waals surface area contributed by atoms with Crippen LogP contribution in [0.2, 0.25) is 0 Å². The van der Waals surface area contributed by atoms with Gasteiger partial charge in [-0.3, -0.25) is 4.79 Å². The highest BCUT2D eigenvalue weighted by Gasteiger charge is 2.30. The van der Waals surface area contributed by atoms with E-state index in [9.17, 15) is 14.0 Å². The van der Waals surface area contributed by atoms with Gasteiger partial charge in [-0.2, -0.15) is 4.39 Å². The smallest absolute Gasteiger partial charge is 0.330 e. The van der Waals surface area contributed by atoms with Crippen molar-refractivity contribution in [1.82, 2.24) is 10.3 Å². The maximum absolute atomic E-state index is 12.6. The van der Waals surface area contributed by atoms with Crippen LogP contribution in [0.3, 0.4) is 0 Å². The molecule has 0 bridgehead atoms. The fourth-order valence-corrected chi connectivity index (χ4v) is 1.17. The number of amides is 1. The van der Waals surface area contributed by atoms with Gasteiger partial charge < -0.3 is 10.1 Å². The van der Waals surface area contributed by atoms with Crippen LogP contribution in [0.25, 0.3) is 0 Å². The minimum atomic E-state index is -1.15. The van der Waals surface area contributed by atoms with Crippen molar-refractivity contribution >= 4 is 11.9 Å². The van der Waals surface area contributed by atoms with E-state index in [2.05, 4.69) is 15.0 Å². The third kappa shape index (κ3) is 3.24. The van der Waals surface area contributed by atoms with Crippen molar-refractivity contribution in [2.24, 2.45) is 0 Å². The molecule has 1 rings (SSSR count). The summed E-state index contributed by atoms with van der Waals surface area (Å²) in [6.45, 7) is 3.02. The van der Waals surface area contributed by atoms with Crippen LogP contribution in [0.15, 0.2) is 18.3 Å². The van der Waals surface area contributed by atoms with Gasteiger partial charge in [0.2, 0.25) is 5.95 Å². The molecule has 6 heteroatoms. The molecule has 1 amide bonds. The summed E-state index contributed by atoms with van der Waals surface area (Å²) in [7, 11) is 1.23. The number of carbonyl (C=O) groups is 2. The van der Waals surface area contributed by atoms with E-state index in [0.717, 1.165) is 12.3 Å². The quantitative estimate of drug-likeness (QED) is 0.629. The number of hydrogen-bond donors (Lipinski definition) is 1. The Kier molecular flexibility index (Phi) is 3.77. The highest BCUT2D eigenvalue weighted by molar-refractivity contribution is 5.97. The second kappa shape index (κ2) is 4.90. The Morgan fingerprint density at radius 3 is 2.53 bits per heavy atom. The average Bonchev–Trinajstić information content (AvgIpc) is 2.28. The molecule has 0 aromatic carbocycles. The molecule has 1 aromatic rings. The number of hydrogen-bond acceptors (Lipinski definition) is 4. The summed E-state index contributed by atoms with van der Waals surface area (Å²) in [6, 6.07) is 2.35. The van der Waals surface area contributed by atoms with Gasteiger partial charge in [-0.05, 0) is 26.0 Å². The van der Waals surface area contributed by atoms with Gasteiger partial charge in [0.1, 0.15) is 5.54 Å². The van der Waals surface area contributed by atoms with Gasteiger partial charge in [-0.15, -0.1) is 0 Å². The molecule has 0 saturated carbocycles. The molecule has 5 nitrogen and oxygen atoms in total. The zero-order valence-electron chi connectivity index (χ0n) is 9.78. The first-order chi connectivity index (χ1) is 7.86. The third-order valence-corrected chi connectivity index (χ3v) is 2.11. The standard InChI is InChI=1S/C11H13FN2O3/c1-11(2,10(16)17-3)14-9(15)7-4-5-8(12)13-6-7/h4-6H,1-3H3,(H,14,15). The first kappa shape index (κ1) is 13.1. The van der Waals surface area contributed by atoms with Crippen LogP contribution >= 0.6 is 0 Å². The summed E-state index contributed by atoms with van der Waals surface area (Å²) in [5, 5.41) is 2.47. The van der Waals surface area contributed by atoms with Crippen LogP contribution < -0.4 is 5.32 Å². The van der Waals surface area contributed by atoms with E-state index in [0.29, 0.717) is 0 Å². The lowest BCUT2D eigenvalue weighted by Crippen LogP contribution is -2.50. The summed E-state index contributed by atoms with van der Waals surface area (Å²) in [5.41, 5.74) is -0.983. The molecule has 92 valence electrons. The maximum atomic E-state index is 12.6. The Hall–Kier alpha value is -1.98. The monoisotopic (exact) mass is 240 g/mol. The number of aromatic nitrogens is 1. The van der Waals surface area contributed by atoms with Gasteiger partial charge in [0.15, 0.2) is 0 Å². The maximum Gasteiger partial charge on any atom is 0.330 e. The van der Waals surface area contributed by atoms with E-state index >= 15 is 0 Å². The van der Waals surface area contributed by atoms with E-state index in [4.69, 9.17) is 0 Å². The summed E-state index contributed by atoms with van der Waals surface area (Å²) in [4.78, 5) is 26.4. The highest BCUT2D eigenvalue weighted by Crippen LogP contribution is 2.07. The lowest BCUT2D eigenvalue weighted by molar-refractivity contribution is -0.146. The molecule has 0 aliphatic rings. The molecule has 0 atom stereocenters. The van der Waals surface area contributed by atoms with Crippen molar-refractivity contribution in [3.05, 3.63) is 29.8 Å². The van der Waals surface area contributed by atoms with Gasteiger partial charge in [-0.1, -0.05) is 0 Å². The van der Waals surface area contributed by atoms with E-state index in [1.54, 1.807) is 0 Å². The molecule has 0 radical (unpaired) electrons. The SMILES string of the molecule is COC(=O)C(C)(C)NC(=O)c1ccc(F)nc1. The van der Waals surface area contributed by atoms with Gasteiger partial charge in [0.05, 0.1) is 12.7 Å². The Morgan fingerprint density at radius 2 is 2.06 bits per heavy atom. The van der Waals surface area contributed by atoms with Crippen LogP contribution in [-0.4, -0.2) is 29.5 Å². The second-order valence-corrected chi connectivity index (χ2v) is 3.94. The van der Waals surface area contributed by atoms with Crippen LogP contribution in [0.1, 0.15) is 24.2 Å². The molecule has 0 saturated heterocycles. The number of methoxy groups -OCH3 is 1. The molecule has 0 aliphatic heterocycles. The van der Waals surface area contributed by atoms with Gasteiger partial charge in [-0.25, -0.2) is 9.78 Å². The number of halogens is 1. The molecule has 1 heterocycles. The first-order valence-electron chi connectivity index (χ1n) is 4.89. The molecule has 0 spiro atoms. The highest BCUT2D eigenvalue weighted by atomic mass is 19.1. The van der Waals surface area contributed by atoms with Gasteiger partial charge in [0.25, 0.3) is 5.91 Å². The molecular formula is C11H13FN2O3. The van der Waals surface area contributed by atoms with Gasteiger partial charge >= 0.3 is 5.97 Å². The fourth-order valence-electron chi connectivity index (χ4n) is 1.17. The van der Waals surface area contributed by atoms with Crippen molar-refractivity contribution in [2.45, 2.75) is 19.4 Å². The Bertz CT molecular complexity index is 429. The molecule has 0 fully saturated rings. The summed E-state index contributed by atoms with van der Waals surface area (Å²) in [5.74, 6) is -1.76. The second-order valence-electron chi connectivity index (χ2n) is 3.94. The molecule has 17 heavy (non-hydrogen) atoms. The molecule has 1 N–H and O–H groups in total. The third-order valence-electron chi connectivity index (χ3n) is 2.11. The lowest BCUT2D eigenvalue weighted by atomic mass is 10.1. The van der Waals surface area contributed by atoms with E-state index in [1.807, 2.05) is 0 Å². The Labute approximate surface area is 98.0 Å². The number of esters is 1. The largest absolute Gasteiger partial charge is 0.467 e. The zero-order chi connectivity index (χ0) is 13.1. The van der Waals surface area contributed by atoms with Crippen LogP contribution in [0, 0.1) is 5.95 Å². The van der Waals surface area contributed by atoms with Crippen LogP contribution in [0.4, 0.5) is 4.39 Å². The first-order valence-corrected chi connectivity index (χ1v) is 4.89. The summed E-state index contributed by atoms with van der Waals surface area (Å²) >= 11 is 0. The Balaban J connectivity index is 2.79. The van der Waals surface area contributed by atoms with Crippen molar-refractivity contribution in [3.8, 4) is 0 Å². The van der Waals surface area contributed by atoms with Crippen molar-refractivity contribution < 1.29 is 18.7 Å². The molecular weight excluding hydrogens is 227 g/mol. The average molecular weight is 240 g/mol. The van der Waals surface area contributed by atoms with Crippen molar-refractivity contribution in [2.75, 3.05) is 7.11 Å². The lowest BCUT2D eigenvalue weighted by Gasteiger charge is -2.22. The summed E-state index contributed by atoms with van der Waals surface area (Å²) < 4.78 is 17.1. The molecule has 0 aliphatic carbocycles.